The minimum absolute atomic E-state index is 0.312. The molecule has 0 saturated carbocycles. The Balaban J connectivity index is 2.65. The van der Waals surface area contributed by atoms with Crippen LogP contribution in [0, 0.1) is 0 Å². The summed E-state index contributed by atoms with van der Waals surface area (Å²) in [5, 5.41) is 2.22. The average molecular weight is 221 g/mol. The lowest BCUT2D eigenvalue weighted by atomic mass is 10.3. The average Bonchev–Trinajstić information content (AvgIpc) is 2.18. The van der Waals surface area contributed by atoms with E-state index in [0.29, 0.717) is 11.3 Å². The Morgan fingerprint density at radius 2 is 1.87 bits per heavy atom. The van der Waals surface area contributed by atoms with E-state index in [0.717, 1.165) is 0 Å². The van der Waals surface area contributed by atoms with Crippen LogP contribution in [-0.4, -0.2) is 11.0 Å². The van der Waals surface area contributed by atoms with Crippen molar-refractivity contribution in [2.45, 2.75) is 6.92 Å². The number of carbonyl (C=O) groups excluding carboxylic acids is 2. The molecule has 3 nitrogen and oxygen atoms in total. The predicted molar refractivity (Wildman–Crippen MR) is 62.8 cm³/mol. The fourth-order valence-electron chi connectivity index (χ4n) is 0.958. The lowest BCUT2D eigenvalue weighted by Gasteiger charge is -2.01. The molecule has 1 N–H and O–H groups in total. The summed E-state index contributed by atoms with van der Waals surface area (Å²) in [4.78, 5) is 22.1. The third-order valence-electron chi connectivity index (χ3n) is 1.73. The van der Waals surface area contributed by atoms with Crippen molar-refractivity contribution >= 4 is 29.3 Å². The molecule has 0 saturated heterocycles. The fraction of sp³-hybridized carbons (Fsp3) is 0.0909. The van der Waals surface area contributed by atoms with Crippen LogP contribution in [0.4, 0.5) is 5.69 Å². The van der Waals surface area contributed by atoms with Crippen molar-refractivity contribution in [1.29, 1.82) is 0 Å². The molecule has 1 aromatic rings. The first-order valence-corrected chi connectivity index (χ1v) is 4.82. The van der Waals surface area contributed by atoms with Crippen LogP contribution in [0.3, 0.4) is 0 Å². The van der Waals surface area contributed by atoms with E-state index in [1.54, 1.807) is 19.1 Å². The van der Waals surface area contributed by atoms with E-state index >= 15 is 0 Å². The topological polar surface area (TPSA) is 46.2 Å². The van der Waals surface area contributed by atoms with Crippen LogP contribution >= 0.6 is 12.6 Å². The van der Waals surface area contributed by atoms with E-state index < -0.39 is 5.12 Å². The van der Waals surface area contributed by atoms with Gasteiger partial charge in [0.1, 0.15) is 0 Å². The molecule has 0 aliphatic heterocycles. The Labute approximate surface area is 93.6 Å². The zero-order valence-corrected chi connectivity index (χ0v) is 9.12. The molecule has 0 spiro atoms. The number of rotatable bonds is 3. The number of carbonyl (C=O) groups is 2. The van der Waals surface area contributed by atoms with Crippen LogP contribution in [0.2, 0.25) is 0 Å². The van der Waals surface area contributed by atoms with Crippen LogP contribution in [0.5, 0.6) is 0 Å². The Kier molecular flexibility index (Phi) is 4.12. The quantitative estimate of drug-likeness (QED) is 0.606. The lowest BCUT2D eigenvalue weighted by molar-refractivity contribution is -0.112. The van der Waals surface area contributed by atoms with Gasteiger partial charge in [0.05, 0.1) is 0 Å². The van der Waals surface area contributed by atoms with Crippen molar-refractivity contribution in [2.75, 3.05) is 5.32 Å². The monoisotopic (exact) mass is 221 g/mol. The molecule has 0 aliphatic rings. The van der Waals surface area contributed by atoms with Crippen LogP contribution in [0.25, 0.3) is 0 Å². The number of hydrogen-bond acceptors (Lipinski definition) is 2. The number of nitrogens with one attached hydrogen (secondary N) is 1. The summed E-state index contributed by atoms with van der Waals surface area (Å²) in [5.74, 6) is -0.332. The second-order valence-corrected chi connectivity index (χ2v) is 3.39. The van der Waals surface area contributed by atoms with Crippen LogP contribution < -0.4 is 5.32 Å². The molecule has 78 valence electrons. The number of hydrogen-bond donors (Lipinski definition) is 2. The van der Waals surface area contributed by atoms with Gasteiger partial charge in [0, 0.05) is 17.3 Å². The summed E-state index contributed by atoms with van der Waals surface area (Å²) in [6.07, 6.45) is 1.22. The molecule has 0 radical (unpaired) electrons. The third kappa shape index (κ3) is 3.99. The molecule has 15 heavy (non-hydrogen) atoms. The van der Waals surface area contributed by atoms with Gasteiger partial charge in [0.25, 0.3) is 0 Å². The third-order valence-corrected chi connectivity index (χ3v) is 2.08. The van der Waals surface area contributed by atoms with E-state index in [1.807, 2.05) is 18.2 Å². The van der Waals surface area contributed by atoms with Crippen LogP contribution in [0.1, 0.15) is 6.92 Å². The molecular formula is C11H11NO2S. The first-order valence-electron chi connectivity index (χ1n) is 4.37. The lowest BCUT2D eigenvalue weighted by Crippen LogP contribution is -2.09. The molecule has 1 amide bonds. The van der Waals surface area contributed by atoms with E-state index in [4.69, 9.17) is 0 Å². The van der Waals surface area contributed by atoms with Gasteiger partial charge in [-0.2, -0.15) is 0 Å². The summed E-state index contributed by atoms with van der Waals surface area (Å²) < 4.78 is 0. The van der Waals surface area contributed by atoms with E-state index in [-0.39, 0.29) is 5.91 Å². The van der Waals surface area contributed by atoms with Crippen LogP contribution in [-0.2, 0) is 9.59 Å². The Morgan fingerprint density at radius 1 is 1.27 bits per heavy atom. The second-order valence-electron chi connectivity index (χ2n) is 2.99. The van der Waals surface area contributed by atoms with Crippen molar-refractivity contribution in [1.82, 2.24) is 0 Å². The minimum atomic E-state index is -0.404. The molecule has 0 bridgehead atoms. The molecule has 1 rings (SSSR count). The molecule has 0 fully saturated rings. The van der Waals surface area contributed by atoms with E-state index in [9.17, 15) is 9.59 Å². The van der Waals surface area contributed by atoms with Crippen molar-refractivity contribution in [3.63, 3.8) is 0 Å². The normalized spacial score (nSPS) is 10.9. The highest BCUT2D eigenvalue weighted by molar-refractivity contribution is 7.97. The van der Waals surface area contributed by atoms with Gasteiger partial charge in [-0.1, -0.05) is 18.2 Å². The molecule has 4 heteroatoms. The van der Waals surface area contributed by atoms with Crippen LogP contribution in [0.15, 0.2) is 42.0 Å². The van der Waals surface area contributed by atoms with Gasteiger partial charge in [-0.05, 0) is 19.1 Å². The van der Waals surface area contributed by atoms with Crippen molar-refractivity contribution < 1.29 is 9.59 Å². The maximum atomic E-state index is 11.4. The molecular weight excluding hydrogens is 210 g/mol. The van der Waals surface area contributed by atoms with Gasteiger partial charge in [0.2, 0.25) is 11.0 Å². The first-order chi connectivity index (χ1) is 7.09. The minimum Gasteiger partial charge on any atom is -0.323 e. The number of para-hydroxylation sites is 1. The summed E-state index contributed by atoms with van der Waals surface area (Å²) in [5.41, 5.74) is 1.00. The van der Waals surface area contributed by atoms with Gasteiger partial charge < -0.3 is 5.32 Å². The molecule has 0 atom stereocenters. The zero-order chi connectivity index (χ0) is 11.3. The molecule has 0 heterocycles. The zero-order valence-electron chi connectivity index (χ0n) is 8.23. The van der Waals surface area contributed by atoms with E-state index in [1.165, 1.54) is 6.08 Å². The Bertz CT molecular complexity index is 398. The Morgan fingerprint density at radius 3 is 2.40 bits per heavy atom. The molecule has 0 aliphatic carbocycles. The van der Waals surface area contributed by atoms with Gasteiger partial charge in [0.15, 0.2) is 0 Å². The molecule has 1 aromatic carbocycles. The smallest absolute Gasteiger partial charge is 0.248 e. The van der Waals surface area contributed by atoms with Gasteiger partial charge in [-0.25, -0.2) is 0 Å². The number of anilines is 1. The second kappa shape index (κ2) is 5.36. The summed E-state index contributed by atoms with van der Waals surface area (Å²) in [6.45, 7) is 1.54. The highest BCUT2D eigenvalue weighted by Gasteiger charge is 2.02. The predicted octanol–water partition coefficient (Wildman–Crippen LogP) is 2.03. The first kappa shape index (κ1) is 11.5. The summed E-state index contributed by atoms with van der Waals surface area (Å²) >= 11 is 3.61. The maximum Gasteiger partial charge on any atom is 0.248 e. The largest absolute Gasteiger partial charge is 0.323 e. The SMILES string of the molecule is C/C(=C/C(=O)Nc1ccccc1)C(=O)S. The number of amides is 1. The standard InChI is InChI=1S/C11H11NO2S/c1-8(11(14)15)7-10(13)12-9-5-3-2-4-6-9/h2-7H,1H3,(H,12,13)(H,14,15)/b8-7-. The fourth-order valence-corrected chi connectivity index (χ4v) is 1.02. The maximum absolute atomic E-state index is 11.4. The van der Waals surface area contributed by atoms with Crippen molar-refractivity contribution in [3.05, 3.63) is 42.0 Å². The van der Waals surface area contributed by atoms with Crippen molar-refractivity contribution in [3.8, 4) is 0 Å². The van der Waals surface area contributed by atoms with Gasteiger partial charge >= 0.3 is 0 Å². The summed E-state index contributed by atoms with van der Waals surface area (Å²) in [7, 11) is 0. The summed E-state index contributed by atoms with van der Waals surface area (Å²) in [6, 6.07) is 9.02. The van der Waals surface area contributed by atoms with Crippen molar-refractivity contribution in [2.24, 2.45) is 0 Å². The molecule has 0 unspecified atom stereocenters. The highest BCUT2D eigenvalue weighted by atomic mass is 32.1. The Hall–Kier alpha value is -1.55. The number of benzene rings is 1. The van der Waals surface area contributed by atoms with Gasteiger partial charge in [-0.3, -0.25) is 9.59 Å². The van der Waals surface area contributed by atoms with E-state index in [2.05, 4.69) is 17.9 Å². The number of thiol groups is 1. The van der Waals surface area contributed by atoms with Gasteiger partial charge in [-0.15, -0.1) is 12.6 Å². The highest BCUT2D eigenvalue weighted by Crippen LogP contribution is 2.06. The molecule has 0 aromatic heterocycles.